The van der Waals surface area contributed by atoms with Gasteiger partial charge < -0.3 is 5.32 Å². The SMILES string of the molecule is CCn1nccc1CNC(C)c1ccc(F)cc1. The van der Waals surface area contributed by atoms with Gasteiger partial charge in [0.25, 0.3) is 0 Å². The first-order valence-electron chi connectivity index (χ1n) is 6.20. The number of aryl methyl sites for hydroxylation is 1. The molecular weight excluding hydrogens is 229 g/mol. The topological polar surface area (TPSA) is 29.9 Å². The summed E-state index contributed by atoms with van der Waals surface area (Å²) in [5.41, 5.74) is 2.24. The van der Waals surface area contributed by atoms with Crippen molar-refractivity contribution in [2.24, 2.45) is 0 Å². The van der Waals surface area contributed by atoms with E-state index in [9.17, 15) is 4.39 Å². The molecule has 0 aliphatic carbocycles. The number of hydrogen-bond acceptors (Lipinski definition) is 2. The van der Waals surface area contributed by atoms with Crippen LogP contribution < -0.4 is 5.32 Å². The zero-order valence-electron chi connectivity index (χ0n) is 10.7. The molecule has 96 valence electrons. The van der Waals surface area contributed by atoms with Crippen LogP contribution in [0.3, 0.4) is 0 Å². The quantitative estimate of drug-likeness (QED) is 0.880. The van der Waals surface area contributed by atoms with Crippen LogP contribution in [-0.2, 0) is 13.1 Å². The summed E-state index contributed by atoms with van der Waals surface area (Å²) in [6.45, 7) is 5.76. The maximum atomic E-state index is 12.8. The van der Waals surface area contributed by atoms with E-state index in [1.807, 2.05) is 29.1 Å². The third kappa shape index (κ3) is 2.96. The number of rotatable bonds is 5. The zero-order chi connectivity index (χ0) is 13.0. The van der Waals surface area contributed by atoms with Crippen LogP contribution >= 0.6 is 0 Å². The Bertz CT molecular complexity index is 490. The number of aromatic nitrogens is 2. The third-order valence-electron chi connectivity index (χ3n) is 3.06. The van der Waals surface area contributed by atoms with Gasteiger partial charge in [0.1, 0.15) is 5.82 Å². The zero-order valence-corrected chi connectivity index (χ0v) is 10.7. The summed E-state index contributed by atoms with van der Waals surface area (Å²) in [6.07, 6.45) is 1.81. The van der Waals surface area contributed by atoms with Crippen molar-refractivity contribution in [2.45, 2.75) is 33.0 Å². The second kappa shape index (κ2) is 5.78. The van der Waals surface area contributed by atoms with Crippen LogP contribution in [0.5, 0.6) is 0 Å². The van der Waals surface area contributed by atoms with Gasteiger partial charge in [-0.1, -0.05) is 12.1 Å². The minimum atomic E-state index is -0.199. The Morgan fingerprint density at radius 3 is 2.67 bits per heavy atom. The van der Waals surface area contributed by atoms with E-state index in [1.54, 1.807) is 0 Å². The van der Waals surface area contributed by atoms with Crippen molar-refractivity contribution in [3.63, 3.8) is 0 Å². The number of nitrogens with zero attached hydrogens (tertiary/aromatic N) is 2. The van der Waals surface area contributed by atoms with E-state index in [0.717, 1.165) is 24.3 Å². The van der Waals surface area contributed by atoms with Crippen LogP contribution in [0, 0.1) is 5.82 Å². The van der Waals surface area contributed by atoms with Crippen molar-refractivity contribution in [2.75, 3.05) is 0 Å². The van der Waals surface area contributed by atoms with Gasteiger partial charge in [-0.05, 0) is 37.6 Å². The Kier molecular flexibility index (Phi) is 4.10. The molecule has 0 aliphatic rings. The van der Waals surface area contributed by atoms with Crippen molar-refractivity contribution in [3.05, 3.63) is 53.6 Å². The van der Waals surface area contributed by atoms with Gasteiger partial charge in [0, 0.05) is 25.3 Å². The van der Waals surface area contributed by atoms with E-state index in [-0.39, 0.29) is 11.9 Å². The minimum Gasteiger partial charge on any atom is -0.305 e. The molecule has 0 saturated carbocycles. The molecule has 1 aromatic heterocycles. The molecule has 1 heterocycles. The smallest absolute Gasteiger partial charge is 0.123 e. The summed E-state index contributed by atoms with van der Waals surface area (Å²) >= 11 is 0. The molecule has 0 amide bonds. The van der Waals surface area contributed by atoms with Gasteiger partial charge in [0.2, 0.25) is 0 Å². The summed E-state index contributed by atoms with van der Waals surface area (Å²) in [5.74, 6) is -0.199. The van der Waals surface area contributed by atoms with Crippen molar-refractivity contribution >= 4 is 0 Å². The molecule has 1 N–H and O–H groups in total. The summed E-state index contributed by atoms with van der Waals surface area (Å²) in [6, 6.07) is 8.79. The Hall–Kier alpha value is -1.68. The summed E-state index contributed by atoms with van der Waals surface area (Å²) < 4.78 is 14.8. The van der Waals surface area contributed by atoms with Crippen LogP contribution in [0.1, 0.15) is 31.1 Å². The molecule has 1 aromatic carbocycles. The molecule has 18 heavy (non-hydrogen) atoms. The highest BCUT2D eigenvalue weighted by atomic mass is 19.1. The van der Waals surface area contributed by atoms with Gasteiger partial charge in [-0.25, -0.2) is 4.39 Å². The lowest BCUT2D eigenvalue weighted by Gasteiger charge is -2.14. The van der Waals surface area contributed by atoms with Gasteiger partial charge in [0.15, 0.2) is 0 Å². The van der Waals surface area contributed by atoms with Gasteiger partial charge in [-0.2, -0.15) is 5.10 Å². The second-order valence-corrected chi connectivity index (χ2v) is 4.29. The molecule has 0 saturated heterocycles. The highest BCUT2D eigenvalue weighted by Gasteiger charge is 2.06. The van der Waals surface area contributed by atoms with E-state index in [2.05, 4.69) is 24.3 Å². The monoisotopic (exact) mass is 247 g/mol. The fourth-order valence-corrected chi connectivity index (χ4v) is 1.92. The standard InChI is InChI=1S/C14H18FN3/c1-3-18-14(8-9-17-18)10-16-11(2)12-4-6-13(15)7-5-12/h4-9,11,16H,3,10H2,1-2H3. The van der Waals surface area contributed by atoms with E-state index in [0.29, 0.717) is 0 Å². The van der Waals surface area contributed by atoms with Gasteiger partial charge >= 0.3 is 0 Å². The summed E-state index contributed by atoms with van der Waals surface area (Å²) in [5, 5.41) is 7.64. The Balaban J connectivity index is 1.96. The second-order valence-electron chi connectivity index (χ2n) is 4.29. The molecule has 0 aliphatic heterocycles. The first-order valence-corrected chi connectivity index (χ1v) is 6.20. The molecule has 0 spiro atoms. The fraction of sp³-hybridized carbons (Fsp3) is 0.357. The normalized spacial score (nSPS) is 12.6. The number of halogens is 1. The Labute approximate surface area is 107 Å². The number of nitrogens with one attached hydrogen (secondary N) is 1. The molecule has 0 fully saturated rings. The highest BCUT2D eigenvalue weighted by Crippen LogP contribution is 2.13. The lowest BCUT2D eigenvalue weighted by molar-refractivity contribution is 0.530. The summed E-state index contributed by atoms with van der Waals surface area (Å²) in [4.78, 5) is 0. The van der Waals surface area contributed by atoms with E-state index in [4.69, 9.17) is 0 Å². The molecule has 4 heteroatoms. The average molecular weight is 247 g/mol. The summed E-state index contributed by atoms with van der Waals surface area (Å²) in [7, 11) is 0. The van der Waals surface area contributed by atoms with E-state index >= 15 is 0 Å². The molecule has 1 atom stereocenters. The van der Waals surface area contributed by atoms with Crippen LogP contribution in [-0.4, -0.2) is 9.78 Å². The van der Waals surface area contributed by atoms with Crippen molar-refractivity contribution < 1.29 is 4.39 Å². The van der Waals surface area contributed by atoms with E-state index < -0.39 is 0 Å². The number of hydrogen-bond donors (Lipinski definition) is 1. The highest BCUT2D eigenvalue weighted by molar-refractivity contribution is 5.19. The van der Waals surface area contributed by atoms with Crippen LogP contribution in [0.2, 0.25) is 0 Å². The fourth-order valence-electron chi connectivity index (χ4n) is 1.92. The Morgan fingerprint density at radius 1 is 1.28 bits per heavy atom. The molecular formula is C14H18FN3. The maximum Gasteiger partial charge on any atom is 0.123 e. The van der Waals surface area contributed by atoms with Crippen LogP contribution in [0.4, 0.5) is 4.39 Å². The molecule has 2 aromatic rings. The molecule has 0 bridgehead atoms. The largest absolute Gasteiger partial charge is 0.305 e. The van der Waals surface area contributed by atoms with Gasteiger partial charge in [-0.15, -0.1) is 0 Å². The molecule has 0 radical (unpaired) electrons. The van der Waals surface area contributed by atoms with Gasteiger partial charge in [0.05, 0.1) is 5.69 Å². The molecule has 1 unspecified atom stereocenters. The van der Waals surface area contributed by atoms with Crippen molar-refractivity contribution in [1.82, 2.24) is 15.1 Å². The number of benzene rings is 1. The minimum absolute atomic E-state index is 0.186. The third-order valence-corrected chi connectivity index (χ3v) is 3.06. The van der Waals surface area contributed by atoms with Gasteiger partial charge in [-0.3, -0.25) is 4.68 Å². The molecule has 2 rings (SSSR count). The van der Waals surface area contributed by atoms with Crippen LogP contribution in [0.15, 0.2) is 36.5 Å². The first kappa shape index (κ1) is 12.8. The lowest BCUT2D eigenvalue weighted by Crippen LogP contribution is -2.20. The van der Waals surface area contributed by atoms with Crippen molar-refractivity contribution in [3.8, 4) is 0 Å². The van der Waals surface area contributed by atoms with E-state index in [1.165, 1.54) is 12.1 Å². The average Bonchev–Trinajstić information content (AvgIpc) is 2.84. The molecule has 3 nitrogen and oxygen atoms in total. The maximum absolute atomic E-state index is 12.8. The first-order chi connectivity index (χ1) is 8.70. The lowest BCUT2D eigenvalue weighted by atomic mass is 10.1. The predicted molar refractivity (Wildman–Crippen MR) is 69.6 cm³/mol. The van der Waals surface area contributed by atoms with Crippen LogP contribution in [0.25, 0.3) is 0 Å². The Morgan fingerprint density at radius 2 is 2.00 bits per heavy atom. The van der Waals surface area contributed by atoms with Crippen molar-refractivity contribution in [1.29, 1.82) is 0 Å². The predicted octanol–water partition coefficient (Wildman–Crippen LogP) is 2.89.